The molecule has 1 aliphatic heterocycles. The van der Waals surface area contributed by atoms with Gasteiger partial charge in [-0.2, -0.15) is 0 Å². The molecule has 1 aliphatic rings. The van der Waals surface area contributed by atoms with Gasteiger partial charge < -0.3 is 19.7 Å². The number of H-pyrrole nitrogens is 1. The van der Waals surface area contributed by atoms with Crippen LogP contribution in [0, 0.1) is 0 Å². The van der Waals surface area contributed by atoms with E-state index >= 15 is 0 Å². The van der Waals surface area contributed by atoms with Crippen molar-refractivity contribution in [3.05, 3.63) is 11.8 Å². The molecule has 1 saturated heterocycles. The number of aromatic amines is 1. The lowest BCUT2D eigenvalue weighted by Gasteiger charge is -2.26. The summed E-state index contributed by atoms with van der Waals surface area (Å²) in [5, 5.41) is 8.94. The highest BCUT2D eigenvalue weighted by Gasteiger charge is 2.18. The van der Waals surface area contributed by atoms with E-state index in [2.05, 4.69) is 15.5 Å². The van der Waals surface area contributed by atoms with Gasteiger partial charge in [0.1, 0.15) is 5.69 Å². The molecule has 2 N–H and O–H groups in total. The van der Waals surface area contributed by atoms with Gasteiger partial charge in [-0.15, -0.1) is 5.10 Å². The van der Waals surface area contributed by atoms with Crippen molar-refractivity contribution in [2.24, 2.45) is 0 Å². The third-order valence-electron chi connectivity index (χ3n) is 2.86. The summed E-state index contributed by atoms with van der Waals surface area (Å²) in [5.74, 6) is -0.145. The standard InChI is InChI=1S/C12H18N4O4/c1-2-20-10-7-9(14-15-10)12(18)13-8-11(17)16-3-5-19-6-4-16/h7H,2-6,8H2,1H3,(H,13,18)(H,14,15). The third-order valence-corrected chi connectivity index (χ3v) is 2.86. The Morgan fingerprint density at radius 2 is 2.25 bits per heavy atom. The second-order valence-corrected chi connectivity index (χ2v) is 4.23. The normalized spacial score (nSPS) is 14.9. The molecular weight excluding hydrogens is 264 g/mol. The second kappa shape index (κ2) is 6.90. The molecule has 1 aromatic heterocycles. The van der Waals surface area contributed by atoms with Crippen LogP contribution in [0.15, 0.2) is 6.07 Å². The van der Waals surface area contributed by atoms with E-state index in [1.807, 2.05) is 6.92 Å². The number of nitrogens with one attached hydrogen (secondary N) is 2. The number of ether oxygens (including phenoxy) is 2. The minimum absolute atomic E-state index is 0.0399. The molecule has 0 atom stereocenters. The maximum Gasteiger partial charge on any atom is 0.269 e. The average Bonchev–Trinajstić information content (AvgIpc) is 2.94. The van der Waals surface area contributed by atoms with Crippen LogP contribution in [0.5, 0.6) is 5.88 Å². The minimum atomic E-state index is -0.384. The van der Waals surface area contributed by atoms with Gasteiger partial charge >= 0.3 is 0 Å². The summed E-state index contributed by atoms with van der Waals surface area (Å²) in [7, 11) is 0. The van der Waals surface area contributed by atoms with Crippen molar-refractivity contribution in [3.8, 4) is 5.88 Å². The number of hydrogen-bond donors (Lipinski definition) is 2. The highest BCUT2D eigenvalue weighted by molar-refractivity contribution is 5.95. The summed E-state index contributed by atoms with van der Waals surface area (Å²) in [6.07, 6.45) is 0. The van der Waals surface area contributed by atoms with Crippen molar-refractivity contribution in [1.82, 2.24) is 20.4 Å². The van der Waals surface area contributed by atoms with Crippen LogP contribution in [0.1, 0.15) is 17.4 Å². The first kappa shape index (κ1) is 14.3. The number of carbonyl (C=O) groups excluding carboxylic acids is 2. The molecular formula is C12H18N4O4. The number of aromatic nitrogens is 2. The predicted molar refractivity (Wildman–Crippen MR) is 69.5 cm³/mol. The maximum atomic E-state index is 11.8. The molecule has 1 fully saturated rings. The van der Waals surface area contributed by atoms with E-state index in [1.165, 1.54) is 6.07 Å². The molecule has 1 aromatic rings. The third kappa shape index (κ3) is 3.70. The molecule has 8 nitrogen and oxygen atoms in total. The number of carbonyl (C=O) groups is 2. The Balaban J connectivity index is 1.80. The number of amides is 2. The molecule has 20 heavy (non-hydrogen) atoms. The largest absolute Gasteiger partial charge is 0.477 e. The summed E-state index contributed by atoms with van der Waals surface area (Å²) in [6.45, 7) is 4.47. The summed E-state index contributed by atoms with van der Waals surface area (Å²) < 4.78 is 10.3. The fourth-order valence-corrected chi connectivity index (χ4v) is 1.82. The Kier molecular flexibility index (Phi) is 4.94. The quantitative estimate of drug-likeness (QED) is 0.751. The van der Waals surface area contributed by atoms with E-state index in [0.29, 0.717) is 38.8 Å². The fraction of sp³-hybridized carbons (Fsp3) is 0.583. The molecule has 0 aliphatic carbocycles. The van der Waals surface area contributed by atoms with Gasteiger partial charge in [-0.05, 0) is 6.92 Å². The topological polar surface area (TPSA) is 96.5 Å². The first-order valence-electron chi connectivity index (χ1n) is 6.52. The smallest absolute Gasteiger partial charge is 0.269 e. The fourth-order valence-electron chi connectivity index (χ4n) is 1.82. The van der Waals surface area contributed by atoms with E-state index < -0.39 is 0 Å². The summed E-state index contributed by atoms with van der Waals surface area (Å²) >= 11 is 0. The summed E-state index contributed by atoms with van der Waals surface area (Å²) in [6, 6.07) is 1.50. The zero-order valence-electron chi connectivity index (χ0n) is 11.3. The van der Waals surface area contributed by atoms with Gasteiger partial charge in [0.05, 0.1) is 26.4 Å². The van der Waals surface area contributed by atoms with Gasteiger partial charge in [-0.1, -0.05) is 0 Å². The molecule has 2 heterocycles. The molecule has 8 heteroatoms. The number of rotatable bonds is 5. The molecule has 0 saturated carbocycles. The van der Waals surface area contributed by atoms with E-state index in [1.54, 1.807) is 4.90 Å². The van der Waals surface area contributed by atoms with E-state index in [9.17, 15) is 9.59 Å². The van der Waals surface area contributed by atoms with Gasteiger partial charge in [-0.3, -0.25) is 14.7 Å². The second-order valence-electron chi connectivity index (χ2n) is 4.23. The maximum absolute atomic E-state index is 11.8. The Morgan fingerprint density at radius 1 is 1.50 bits per heavy atom. The van der Waals surface area contributed by atoms with Gasteiger partial charge in [0.25, 0.3) is 5.91 Å². The van der Waals surface area contributed by atoms with Crippen LogP contribution < -0.4 is 10.1 Å². The zero-order chi connectivity index (χ0) is 14.4. The lowest BCUT2D eigenvalue weighted by Crippen LogP contribution is -2.45. The predicted octanol–water partition coefficient (Wildman–Crippen LogP) is -0.603. The minimum Gasteiger partial charge on any atom is -0.477 e. The van der Waals surface area contributed by atoms with Crippen LogP contribution in [0.2, 0.25) is 0 Å². The zero-order valence-corrected chi connectivity index (χ0v) is 11.3. The molecule has 0 aromatic carbocycles. The monoisotopic (exact) mass is 282 g/mol. The first-order valence-corrected chi connectivity index (χ1v) is 6.52. The molecule has 0 spiro atoms. The highest BCUT2D eigenvalue weighted by atomic mass is 16.5. The molecule has 2 amide bonds. The SMILES string of the molecule is CCOc1cc(C(=O)NCC(=O)N2CCOCC2)[nH]n1. The highest BCUT2D eigenvalue weighted by Crippen LogP contribution is 2.07. The van der Waals surface area contributed by atoms with Crippen molar-refractivity contribution in [2.45, 2.75) is 6.92 Å². The van der Waals surface area contributed by atoms with Crippen LogP contribution in [-0.4, -0.2) is 66.4 Å². The molecule has 0 unspecified atom stereocenters. The van der Waals surface area contributed by atoms with Crippen molar-refractivity contribution in [3.63, 3.8) is 0 Å². The van der Waals surface area contributed by atoms with Crippen LogP contribution in [0.3, 0.4) is 0 Å². The molecule has 2 rings (SSSR count). The Labute approximate surface area is 116 Å². The molecule has 0 radical (unpaired) electrons. The van der Waals surface area contributed by atoms with Gasteiger partial charge in [0.15, 0.2) is 0 Å². The summed E-state index contributed by atoms with van der Waals surface area (Å²) in [5.41, 5.74) is 0.267. The number of hydrogen-bond acceptors (Lipinski definition) is 5. The number of morpholine rings is 1. The van der Waals surface area contributed by atoms with E-state index in [0.717, 1.165) is 0 Å². The van der Waals surface area contributed by atoms with Crippen LogP contribution >= 0.6 is 0 Å². The lowest BCUT2D eigenvalue weighted by molar-refractivity contribution is -0.134. The Morgan fingerprint density at radius 3 is 2.95 bits per heavy atom. The van der Waals surface area contributed by atoms with Crippen molar-refractivity contribution < 1.29 is 19.1 Å². The van der Waals surface area contributed by atoms with Gasteiger partial charge in [0, 0.05) is 19.2 Å². The van der Waals surface area contributed by atoms with Crippen molar-refractivity contribution in [2.75, 3.05) is 39.5 Å². The van der Waals surface area contributed by atoms with Gasteiger partial charge in [-0.25, -0.2) is 0 Å². The molecule has 0 bridgehead atoms. The Bertz CT molecular complexity index is 468. The lowest BCUT2D eigenvalue weighted by atomic mass is 10.3. The average molecular weight is 282 g/mol. The van der Waals surface area contributed by atoms with E-state index in [-0.39, 0.29) is 24.1 Å². The number of nitrogens with zero attached hydrogens (tertiary/aromatic N) is 2. The van der Waals surface area contributed by atoms with Crippen LogP contribution in [0.4, 0.5) is 0 Å². The van der Waals surface area contributed by atoms with Crippen molar-refractivity contribution >= 4 is 11.8 Å². The van der Waals surface area contributed by atoms with Crippen LogP contribution in [0.25, 0.3) is 0 Å². The van der Waals surface area contributed by atoms with Crippen molar-refractivity contribution in [1.29, 1.82) is 0 Å². The Hall–Kier alpha value is -2.09. The van der Waals surface area contributed by atoms with Gasteiger partial charge in [0.2, 0.25) is 11.8 Å². The summed E-state index contributed by atoms with van der Waals surface area (Å²) in [4.78, 5) is 25.3. The first-order chi connectivity index (χ1) is 9.70. The van der Waals surface area contributed by atoms with E-state index in [4.69, 9.17) is 9.47 Å². The van der Waals surface area contributed by atoms with Crippen LogP contribution in [-0.2, 0) is 9.53 Å². The molecule has 110 valence electrons.